The molecule has 0 bridgehead atoms. The molecule has 0 aliphatic carbocycles. The third kappa shape index (κ3) is 3.85. The van der Waals surface area contributed by atoms with E-state index in [9.17, 15) is 5.11 Å². The Morgan fingerprint density at radius 2 is 2.00 bits per heavy atom. The van der Waals surface area contributed by atoms with Gasteiger partial charge in [0.25, 0.3) is 5.95 Å². The highest BCUT2D eigenvalue weighted by Gasteiger charge is 2.15. The van der Waals surface area contributed by atoms with E-state index >= 15 is 0 Å². The third-order valence-electron chi connectivity index (χ3n) is 2.90. The second-order valence-electron chi connectivity index (χ2n) is 4.83. The van der Waals surface area contributed by atoms with E-state index in [0.29, 0.717) is 24.4 Å². The Kier molecular flexibility index (Phi) is 4.99. The molecule has 1 atom stereocenters. The minimum Gasteiger partial charge on any atom is -0.394 e. The van der Waals surface area contributed by atoms with Crippen LogP contribution in [0.15, 0.2) is 12.7 Å². The number of anilines is 2. The van der Waals surface area contributed by atoms with Gasteiger partial charge in [-0.2, -0.15) is 24.7 Å². The summed E-state index contributed by atoms with van der Waals surface area (Å²) in [6, 6.07) is -0.134. The lowest BCUT2D eigenvalue weighted by molar-refractivity contribution is 0.248. The van der Waals surface area contributed by atoms with Crippen LogP contribution < -0.4 is 10.6 Å². The van der Waals surface area contributed by atoms with Gasteiger partial charge in [-0.05, 0) is 12.8 Å². The van der Waals surface area contributed by atoms with Crippen LogP contribution in [0.25, 0.3) is 5.95 Å². The van der Waals surface area contributed by atoms with Crippen LogP contribution in [-0.2, 0) is 0 Å². The summed E-state index contributed by atoms with van der Waals surface area (Å²) in [5.41, 5.74) is 0. The Hall–Kier alpha value is -2.29. The molecule has 0 radical (unpaired) electrons. The molecule has 0 saturated carbocycles. The molecule has 0 aromatic carbocycles. The SMILES string of the molecule is CCNc1nc(N[C@H](CO)C(C)C)nc(-n2cncn2)n1. The summed E-state index contributed by atoms with van der Waals surface area (Å²) >= 11 is 0. The topological polar surface area (TPSA) is 114 Å². The van der Waals surface area contributed by atoms with Crippen LogP contribution in [-0.4, -0.2) is 54.0 Å². The maximum absolute atomic E-state index is 9.41. The third-order valence-corrected chi connectivity index (χ3v) is 2.90. The summed E-state index contributed by atoms with van der Waals surface area (Å²) in [7, 11) is 0. The molecule has 114 valence electrons. The number of aliphatic hydroxyl groups is 1. The number of aliphatic hydroxyl groups excluding tert-OH is 1. The number of aromatic nitrogens is 6. The highest BCUT2D eigenvalue weighted by molar-refractivity contribution is 5.38. The fourth-order valence-electron chi connectivity index (χ4n) is 1.67. The van der Waals surface area contributed by atoms with Gasteiger partial charge in [-0.15, -0.1) is 0 Å². The molecule has 3 N–H and O–H groups in total. The predicted molar refractivity (Wildman–Crippen MR) is 78.2 cm³/mol. The molecule has 0 aliphatic rings. The summed E-state index contributed by atoms with van der Waals surface area (Å²) in [4.78, 5) is 16.7. The van der Waals surface area contributed by atoms with Gasteiger partial charge in [0.1, 0.15) is 12.7 Å². The number of nitrogens with one attached hydrogen (secondary N) is 2. The largest absolute Gasteiger partial charge is 0.394 e. The van der Waals surface area contributed by atoms with E-state index in [1.165, 1.54) is 17.3 Å². The van der Waals surface area contributed by atoms with E-state index in [4.69, 9.17) is 0 Å². The fourth-order valence-corrected chi connectivity index (χ4v) is 1.67. The number of rotatable bonds is 7. The number of hydrogen-bond acceptors (Lipinski definition) is 8. The van der Waals surface area contributed by atoms with Crippen molar-refractivity contribution < 1.29 is 5.11 Å². The molecule has 2 aromatic heterocycles. The minimum atomic E-state index is -0.134. The van der Waals surface area contributed by atoms with Crippen molar-refractivity contribution in [2.75, 3.05) is 23.8 Å². The molecule has 0 amide bonds. The zero-order chi connectivity index (χ0) is 15.2. The Balaban J connectivity index is 2.31. The van der Waals surface area contributed by atoms with Gasteiger partial charge in [-0.25, -0.2) is 4.98 Å². The normalized spacial score (nSPS) is 12.4. The minimum absolute atomic E-state index is 0.00144. The second kappa shape index (κ2) is 6.93. The second-order valence-corrected chi connectivity index (χ2v) is 4.83. The molecule has 0 saturated heterocycles. The Morgan fingerprint density at radius 3 is 2.57 bits per heavy atom. The Labute approximate surface area is 122 Å². The van der Waals surface area contributed by atoms with Crippen molar-refractivity contribution in [3.8, 4) is 5.95 Å². The standard InChI is InChI=1S/C12H20N8O/c1-4-14-10-17-11(16-9(5-21)8(2)3)19-12(18-10)20-7-13-6-15-20/h6-9,21H,4-5H2,1-3H3,(H2,14,16,17,18,19)/t9-/m1/s1. The quantitative estimate of drug-likeness (QED) is 0.668. The smallest absolute Gasteiger partial charge is 0.258 e. The van der Waals surface area contributed by atoms with Crippen LogP contribution in [0.2, 0.25) is 0 Å². The highest BCUT2D eigenvalue weighted by Crippen LogP contribution is 2.12. The molecule has 2 aromatic rings. The molecular weight excluding hydrogens is 272 g/mol. The van der Waals surface area contributed by atoms with Crippen LogP contribution >= 0.6 is 0 Å². The summed E-state index contributed by atoms with van der Waals surface area (Å²) in [6.07, 6.45) is 2.93. The van der Waals surface area contributed by atoms with Crippen molar-refractivity contribution in [1.29, 1.82) is 0 Å². The van der Waals surface area contributed by atoms with Crippen LogP contribution in [0, 0.1) is 5.92 Å². The molecule has 9 nitrogen and oxygen atoms in total. The fraction of sp³-hybridized carbons (Fsp3) is 0.583. The first-order chi connectivity index (χ1) is 10.1. The molecule has 0 fully saturated rings. The average Bonchev–Trinajstić information content (AvgIpc) is 2.99. The van der Waals surface area contributed by atoms with E-state index in [0.717, 1.165) is 0 Å². The van der Waals surface area contributed by atoms with E-state index in [2.05, 4.69) is 35.7 Å². The van der Waals surface area contributed by atoms with Crippen molar-refractivity contribution in [2.45, 2.75) is 26.8 Å². The van der Waals surface area contributed by atoms with Crippen LogP contribution in [0.5, 0.6) is 0 Å². The molecule has 0 spiro atoms. The van der Waals surface area contributed by atoms with Crippen molar-refractivity contribution in [1.82, 2.24) is 29.7 Å². The molecule has 2 rings (SSSR count). The summed E-state index contributed by atoms with van der Waals surface area (Å²) < 4.78 is 1.46. The van der Waals surface area contributed by atoms with Crippen molar-refractivity contribution in [3.63, 3.8) is 0 Å². The lowest BCUT2D eigenvalue weighted by atomic mass is 10.1. The number of nitrogens with zero attached hydrogens (tertiary/aromatic N) is 6. The van der Waals surface area contributed by atoms with Crippen LogP contribution in [0.4, 0.5) is 11.9 Å². The van der Waals surface area contributed by atoms with Crippen molar-refractivity contribution in [3.05, 3.63) is 12.7 Å². The first-order valence-corrected chi connectivity index (χ1v) is 6.86. The maximum Gasteiger partial charge on any atom is 0.258 e. The maximum atomic E-state index is 9.41. The Bertz CT molecular complexity index is 556. The average molecular weight is 292 g/mol. The van der Waals surface area contributed by atoms with Gasteiger partial charge in [0, 0.05) is 6.54 Å². The number of hydrogen-bond donors (Lipinski definition) is 3. The van der Waals surface area contributed by atoms with E-state index < -0.39 is 0 Å². The first-order valence-electron chi connectivity index (χ1n) is 6.86. The molecule has 0 aliphatic heterocycles. The van der Waals surface area contributed by atoms with Crippen molar-refractivity contribution in [2.24, 2.45) is 5.92 Å². The van der Waals surface area contributed by atoms with Gasteiger partial charge in [0.05, 0.1) is 12.6 Å². The molecule has 0 unspecified atom stereocenters. The van der Waals surface area contributed by atoms with Gasteiger partial charge in [-0.3, -0.25) is 0 Å². The first kappa shape index (κ1) is 15.1. The molecular formula is C12H20N8O. The van der Waals surface area contributed by atoms with Gasteiger partial charge < -0.3 is 15.7 Å². The lowest BCUT2D eigenvalue weighted by Gasteiger charge is -2.20. The summed E-state index contributed by atoms with van der Waals surface area (Å²) in [5, 5.41) is 19.6. The highest BCUT2D eigenvalue weighted by atomic mass is 16.3. The van der Waals surface area contributed by atoms with E-state index in [-0.39, 0.29) is 18.6 Å². The van der Waals surface area contributed by atoms with E-state index in [1.54, 1.807) is 0 Å². The van der Waals surface area contributed by atoms with Gasteiger partial charge >= 0.3 is 0 Å². The van der Waals surface area contributed by atoms with Crippen LogP contribution in [0.3, 0.4) is 0 Å². The summed E-state index contributed by atoms with van der Waals surface area (Å²) in [5.74, 6) is 1.44. The van der Waals surface area contributed by atoms with Gasteiger partial charge in [0.15, 0.2) is 0 Å². The molecule has 9 heteroatoms. The molecule has 2 heterocycles. The predicted octanol–water partition coefficient (Wildman–Crippen LogP) is 0.313. The van der Waals surface area contributed by atoms with Gasteiger partial charge in [-0.1, -0.05) is 13.8 Å². The zero-order valence-corrected chi connectivity index (χ0v) is 12.4. The molecule has 21 heavy (non-hydrogen) atoms. The van der Waals surface area contributed by atoms with Crippen LogP contribution in [0.1, 0.15) is 20.8 Å². The van der Waals surface area contributed by atoms with E-state index in [1.807, 2.05) is 20.8 Å². The monoisotopic (exact) mass is 292 g/mol. The zero-order valence-electron chi connectivity index (χ0n) is 12.4. The lowest BCUT2D eigenvalue weighted by Crippen LogP contribution is -2.30. The van der Waals surface area contributed by atoms with Crippen molar-refractivity contribution >= 4 is 11.9 Å². The van der Waals surface area contributed by atoms with Gasteiger partial charge in [0.2, 0.25) is 11.9 Å². The summed E-state index contributed by atoms with van der Waals surface area (Å²) in [6.45, 7) is 6.67. The Morgan fingerprint density at radius 1 is 1.24 bits per heavy atom.